The summed E-state index contributed by atoms with van der Waals surface area (Å²) in [6.07, 6.45) is 0.697. The van der Waals surface area contributed by atoms with E-state index in [4.69, 9.17) is 16.3 Å². The summed E-state index contributed by atoms with van der Waals surface area (Å²) < 4.78 is 5.03. The van der Waals surface area contributed by atoms with Gasteiger partial charge in [0, 0.05) is 12.5 Å². The average molecular weight is 314 g/mol. The highest BCUT2D eigenvalue weighted by Gasteiger charge is 2.37. The van der Waals surface area contributed by atoms with Crippen molar-refractivity contribution in [3.63, 3.8) is 0 Å². The van der Waals surface area contributed by atoms with Crippen molar-refractivity contribution in [1.82, 2.24) is 0 Å². The fourth-order valence-corrected chi connectivity index (χ4v) is 2.32. The summed E-state index contributed by atoms with van der Waals surface area (Å²) >= 11 is 6.04. The van der Waals surface area contributed by atoms with Crippen LogP contribution in [0.25, 0.3) is 0 Å². The third kappa shape index (κ3) is 4.11. The summed E-state index contributed by atoms with van der Waals surface area (Å²) in [4.78, 5) is 23.5. The van der Waals surface area contributed by atoms with Gasteiger partial charge in [-0.2, -0.15) is 0 Å². The van der Waals surface area contributed by atoms with Crippen LogP contribution < -0.4 is 10.1 Å². The van der Waals surface area contributed by atoms with E-state index in [0.717, 1.165) is 0 Å². The lowest BCUT2D eigenvalue weighted by Crippen LogP contribution is -2.34. The number of methoxy groups -OCH3 is 1. The Kier molecular flexibility index (Phi) is 6.03. The standard InChI is InChI=1S/C15H20ClNO4/c1-4-15(5-2,14(19)20)9-13(18)17-12-7-6-10(21-3)8-11(12)16/h6-8H,4-5,9H2,1-3H3,(H,17,18)(H,19,20). The van der Waals surface area contributed by atoms with Gasteiger partial charge in [-0.25, -0.2) is 0 Å². The van der Waals surface area contributed by atoms with E-state index in [1.54, 1.807) is 32.0 Å². The third-order valence-electron chi connectivity index (χ3n) is 3.76. The number of amides is 1. The predicted octanol–water partition coefficient (Wildman–Crippen LogP) is 3.57. The number of carboxylic acids is 1. The zero-order valence-electron chi connectivity index (χ0n) is 12.4. The molecule has 0 radical (unpaired) electrons. The van der Waals surface area contributed by atoms with Crippen LogP contribution in [0.1, 0.15) is 33.1 Å². The molecule has 1 aromatic carbocycles. The molecule has 5 nitrogen and oxygen atoms in total. The van der Waals surface area contributed by atoms with E-state index in [2.05, 4.69) is 5.32 Å². The number of carbonyl (C=O) groups is 2. The van der Waals surface area contributed by atoms with Gasteiger partial charge in [0.1, 0.15) is 5.75 Å². The molecule has 0 saturated heterocycles. The van der Waals surface area contributed by atoms with E-state index < -0.39 is 11.4 Å². The number of aliphatic carboxylic acids is 1. The molecule has 0 saturated carbocycles. The van der Waals surface area contributed by atoms with Gasteiger partial charge in [0.2, 0.25) is 5.91 Å². The van der Waals surface area contributed by atoms with Crippen molar-refractivity contribution in [3.8, 4) is 5.75 Å². The van der Waals surface area contributed by atoms with Gasteiger partial charge in [0.15, 0.2) is 0 Å². The number of hydrogen-bond acceptors (Lipinski definition) is 3. The summed E-state index contributed by atoms with van der Waals surface area (Å²) in [5.74, 6) is -0.739. The van der Waals surface area contributed by atoms with Crippen molar-refractivity contribution in [2.75, 3.05) is 12.4 Å². The number of carboxylic acid groups (broad SMARTS) is 1. The van der Waals surface area contributed by atoms with Crippen LogP contribution in [-0.4, -0.2) is 24.1 Å². The quantitative estimate of drug-likeness (QED) is 0.807. The second-order valence-corrected chi connectivity index (χ2v) is 5.27. The first-order valence-corrected chi connectivity index (χ1v) is 7.13. The van der Waals surface area contributed by atoms with Crippen LogP contribution in [0.15, 0.2) is 18.2 Å². The minimum absolute atomic E-state index is 0.0856. The molecule has 0 atom stereocenters. The maximum Gasteiger partial charge on any atom is 0.310 e. The highest BCUT2D eigenvalue weighted by molar-refractivity contribution is 6.33. The Balaban J connectivity index is 2.84. The fourth-order valence-electron chi connectivity index (χ4n) is 2.10. The molecule has 116 valence electrons. The summed E-state index contributed by atoms with van der Waals surface area (Å²) in [5, 5.41) is 12.3. The Morgan fingerprint density at radius 1 is 1.33 bits per heavy atom. The number of ether oxygens (including phenoxy) is 1. The first kappa shape index (κ1) is 17.3. The lowest BCUT2D eigenvalue weighted by molar-refractivity contribution is -0.151. The van der Waals surface area contributed by atoms with E-state index in [9.17, 15) is 14.7 Å². The van der Waals surface area contributed by atoms with Crippen LogP contribution in [0, 0.1) is 5.41 Å². The monoisotopic (exact) mass is 313 g/mol. The smallest absolute Gasteiger partial charge is 0.310 e. The summed E-state index contributed by atoms with van der Waals surface area (Å²) in [6.45, 7) is 3.54. The number of hydrogen-bond donors (Lipinski definition) is 2. The maximum atomic E-state index is 12.1. The molecule has 0 spiro atoms. The van der Waals surface area contributed by atoms with Crippen molar-refractivity contribution < 1.29 is 19.4 Å². The molecule has 0 aliphatic carbocycles. The molecule has 6 heteroatoms. The molecule has 0 unspecified atom stereocenters. The highest BCUT2D eigenvalue weighted by Crippen LogP contribution is 2.32. The lowest BCUT2D eigenvalue weighted by Gasteiger charge is -2.25. The van der Waals surface area contributed by atoms with Gasteiger partial charge in [0.25, 0.3) is 0 Å². The molecule has 1 aromatic rings. The van der Waals surface area contributed by atoms with Crippen LogP contribution in [0.2, 0.25) is 5.02 Å². The van der Waals surface area contributed by atoms with Gasteiger partial charge in [-0.1, -0.05) is 25.4 Å². The number of carbonyl (C=O) groups excluding carboxylic acids is 1. The Morgan fingerprint density at radius 3 is 2.38 bits per heavy atom. The Morgan fingerprint density at radius 2 is 1.95 bits per heavy atom. The lowest BCUT2D eigenvalue weighted by atomic mass is 9.79. The minimum atomic E-state index is -1.04. The molecule has 0 aliphatic heterocycles. The van der Waals surface area contributed by atoms with Gasteiger partial charge >= 0.3 is 5.97 Å². The third-order valence-corrected chi connectivity index (χ3v) is 4.07. The van der Waals surface area contributed by atoms with E-state index in [-0.39, 0.29) is 12.3 Å². The summed E-state index contributed by atoms with van der Waals surface area (Å²) in [7, 11) is 1.52. The Bertz CT molecular complexity index is 526. The van der Waals surface area contributed by atoms with Gasteiger partial charge in [0.05, 0.1) is 23.2 Å². The van der Waals surface area contributed by atoms with Crippen molar-refractivity contribution in [2.24, 2.45) is 5.41 Å². The maximum absolute atomic E-state index is 12.1. The number of nitrogens with one attached hydrogen (secondary N) is 1. The summed E-state index contributed by atoms with van der Waals surface area (Å²) in [5.41, 5.74) is -0.600. The van der Waals surface area contributed by atoms with Crippen LogP contribution in [0.4, 0.5) is 5.69 Å². The molecule has 0 aliphatic rings. The van der Waals surface area contributed by atoms with Crippen LogP contribution in [0.5, 0.6) is 5.75 Å². The largest absolute Gasteiger partial charge is 0.497 e. The first-order valence-electron chi connectivity index (χ1n) is 6.75. The molecule has 0 bridgehead atoms. The molecule has 21 heavy (non-hydrogen) atoms. The number of halogens is 1. The highest BCUT2D eigenvalue weighted by atomic mass is 35.5. The first-order chi connectivity index (χ1) is 9.88. The molecule has 2 N–H and O–H groups in total. The van der Waals surface area contributed by atoms with Crippen molar-refractivity contribution in [3.05, 3.63) is 23.2 Å². The molecular formula is C15H20ClNO4. The van der Waals surface area contributed by atoms with E-state index in [1.165, 1.54) is 7.11 Å². The van der Waals surface area contributed by atoms with Crippen molar-refractivity contribution >= 4 is 29.2 Å². The molecule has 0 fully saturated rings. The van der Waals surface area contributed by atoms with Crippen LogP contribution in [-0.2, 0) is 9.59 Å². The van der Waals surface area contributed by atoms with E-state index >= 15 is 0 Å². The molecule has 1 amide bonds. The SMILES string of the molecule is CCC(CC)(CC(=O)Nc1ccc(OC)cc1Cl)C(=O)O. The van der Waals surface area contributed by atoms with E-state index in [1.807, 2.05) is 0 Å². The zero-order valence-corrected chi connectivity index (χ0v) is 13.2. The van der Waals surface area contributed by atoms with Crippen LogP contribution in [0.3, 0.4) is 0 Å². The van der Waals surface area contributed by atoms with Gasteiger partial charge < -0.3 is 15.2 Å². The van der Waals surface area contributed by atoms with E-state index in [0.29, 0.717) is 29.3 Å². The normalized spacial score (nSPS) is 11.0. The molecule has 1 rings (SSSR count). The predicted molar refractivity (Wildman–Crippen MR) is 81.9 cm³/mol. The van der Waals surface area contributed by atoms with Crippen LogP contribution >= 0.6 is 11.6 Å². The fraction of sp³-hybridized carbons (Fsp3) is 0.467. The van der Waals surface area contributed by atoms with Crippen molar-refractivity contribution in [2.45, 2.75) is 33.1 Å². The topological polar surface area (TPSA) is 75.6 Å². The number of rotatable bonds is 7. The van der Waals surface area contributed by atoms with Gasteiger partial charge in [-0.05, 0) is 25.0 Å². The molecular weight excluding hydrogens is 294 g/mol. The second-order valence-electron chi connectivity index (χ2n) is 4.86. The Hall–Kier alpha value is -1.75. The summed E-state index contributed by atoms with van der Waals surface area (Å²) in [6, 6.07) is 4.88. The second kappa shape index (κ2) is 7.31. The average Bonchev–Trinajstić information content (AvgIpc) is 2.46. The van der Waals surface area contributed by atoms with Gasteiger partial charge in [-0.15, -0.1) is 0 Å². The molecule has 0 heterocycles. The minimum Gasteiger partial charge on any atom is -0.497 e. The Labute approximate surface area is 129 Å². The van der Waals surface area contributed by atoms with Gasteiger partial charge in [-0.3, -0.25) is 9.59 Å². The number of anilines is 1. The molecule has 0 aromatic heterocycles. The zero-order chi connectivity index (χ0) is 16.0. The van der Waals surface area contributed by atoms with Crippen molar-refractivity contribution in [1.29, 1.82) is 0 Å². The number of benzene rings is 1.